The number of Topliss-reactive ketones (excluding diaryl/α,β-unsaturated/α-hetero) is 1. The summed E-state index contributed by atoms with van der Waals surface area (Å²) in [6.45, 7) is 0.790. The van der Waals surface area contributed by atoms with Gasteiger partial charge in [-0.25, -0.2) is 8.78 Å². The van der Waals surface area contributed by atoms with Gasteiger partial charge < -0.3 is 0 Å². The predicted molar refractivity (Wildman–Crippen MR) is 64.4 cm³/mol. The normalized spacial score (nSPS) is 21.5. The van der Waals surface area contributed by atoms with Gasteiger partial charge in [-0.15, -0.1) is 0 Å². The first-order chi connectivity index (χ1) is 8.09. The van der Waals surface area contributed by atoms with Crippen molar-refractivity contribution in [3.05, 3.63) is 35.4 Å². The first kappa shape index (κ1) is 12.5. The number of carbonyl (C=O) groups excluding carboxylic acids is 1. The van der Waals surface area contributed by atoms with Crippen LogP contribution >= 0.6 is 11.8 Å². The molecular weight excluding hydrogens is 244 g/mol. The van der Waals surface area contributed by atoms with Crippen molar-refractivity contribution in [2.45, 2.75) is 6.04 Å². The Morgan fingerprint density at radius 3 is 2.94 bits per heavy atom. The van der Waals surface area contributed by atoms with E-state index in [0.717, 1.165) is 30.5 Å². The van der Waals surface area contributed by atoms with Gasteiger partial charge >= 0.3 is 0 Å². The SMILES string of the molecule is CN1CCSCC1C(=O)c1cc(F)ccc1F. The Morgan fingerprint density at radius 2 is 2.24 bits per heavy atom. The van der Waals surface area contributed by atoms with E-state index < -0.39 is 11.6 Å². The van der Waals surface area contributed by atoms with Crippen LogP contribution in [0.4, 0.5) is 8.78 Å². The molecule has 0 amide bonds. The van der Waals surface area contributed by atoms with Crippen molar-refractivity contribution in [2.75, 3.05) is 25.1 Å². The summed E-state index contributed by atoms with van der Waals surface area (Å²) in [5, 5.41) is 0. The summed E-state index contributed by atoms with van der Waals surface area (Å²) in [7, 11) is 1.83. The number of nitrogens with zero attached hydrogens (tertiary/aromatic N) is 1. The number of halogens is 2. The van der Waals surface area contributed by atoms with Crippen LogP contribution in [0.15, 0.2) is 18.2 Å². The maximum absolute atomic E-state index is 13.5. The second-order valence-corrected chi connectivity index (χ2v) is 5.21. The lowest BCUT2D eigenvalue weighted by Crippen LogP contribution is -2.45. The molecule has 0 aromatic heterocycles. The van der Waals surface area contributed by atoms with Crippen LogP contribution in [0.2, 0.25) is 0 Å². The monoisotopic (exact) mass is 257 g/mol. The van der Waals surface area contributed by atoms with E-state index >= 15 is 0 Å². The van der Waals surface area contributed by atoms with Crippen molar-refractivity contribution in [2.24, 2.45) is 0 Å². The molecule has 5 heteroatoms. The first-order valence-electron chi connectivity index (χ1n) is 5.37. The Balaban J connectivity index is 2.26. The van der Waals surface area contributed by atoms with Crippen molar-refractivity contribution in [1.82, 2.24) is 4.90 Å². The third kappa shape index (κ3) is 2.66. The van der Waals surface area contributed by atoms with E-state index in [9.17, 15) is 13.6 Å². The number of likely N-dealkylation sites (N-methyl/N-ethyl adjacent to an activating group) is 1. The number of carbonyl (C=O) groups is 1. The highest BCUT2D eigenvalue weighted by Gasteiger charge is 2.28. The molecule has 1 aromatic carbocycles. The molecule has 0 aliphatic carbocycles. The van der Waals surface area contributed by atoms with E-state index in [4.69, 9.17) is 0 Å². The van der Waals surface area contributed by atoms with E-state index in [1.54, 1.807) is 11.8 Å². The van der Waals surface area contributed by atoms with E-state index in [1.807, 2.05) is 11.9 Å². The minimum atomic E-state index is -0.652. The van der Waals surface area contributed by atoms with Gasteiger partial charge in [-0.1, -0.05) is 0 Å². The van der Waals surface area contributed by atoms with Gasteiger partial charge in [0.1, 0.15) is 11.6 Å². The second kappa shape index (κ2) is 5.14. The van der Waals surface area contributed by atoms with Gasteiger partial charge in [0.2, 0.25) is 0 Å². The van der Waals surface area contributed by atoms with Crippen LogP contribution in [-0.2, 0) is 0 Å². The Kier molecular flexibility index (Phi) is 3.79. The fraction of sp³-hybridized carbons (Fsp3) is 0.417. The van der Waals surface area contributed by atoms with Gasteiger partial charge in [-0.05, 0) is 25.2 Å². The third-order valence-corrected chi connectivity index (χ3v) is 3.92. The van der Waals surface area contributed by atoms with Gasteiger partial charge in [0.05, 0.1) is 11.6 Å². The fourth-order valence-corrected chi connectivity index (χ4v) is 3.04. The Morgan fingerprint density at radius 1 is 1.47 bits per heavy atom. The van der Waals surface area contributed by atoms with E-state index in [2.05, 4.69) is 0 Å². The smallest absolute Gasteiger partial charge is 0.183 e. The molecule has 1 unspecified atom stereocenters. The highest BCUT2D eigenvalue weighted by molar-refractivity contribution is 7.99. The Bertz CT molecular complexity index is 439. The van der Waals surface area contributed by atoms with Crippen LogP contribution in [0.25, 0.3) is 0 Å². The largest absolute Gasteiger partial charge is 0.295 e. The van der Waals surface area contributed by atoms with Gasteiger partial charge in [0, 0.05) is 18.1 Å². The molecule has 92 valence electrons. The summed E-state index contributed by atoms with van der Waals surface area (Å²) >= 11 is 1.66. The van der Waals surface area contributed by atoms with Gasteiger partial charge in [0.15, 0.2) is 5.78 Å². The van der Waals surface area contributed by atoms with Gasteiger partial charge in [-0.3, -0.25) is 9.69 Å². The highest BCUT2D eigenvalue weighted by Crippen LogP contribution is 2.20. The molecule has 0 radical (unpaired) electrons. The second-order valence-electron chi connectivity index (χ2n) is 4.06. The lowest BCUT2D eigenvalue weighted by Gasteiger charge is -2.30. The molecule has 0 saturated carbocycles. The fourth-order valence-electron chi connectivity index (χ4n) is 1.83. The molecule has 2 rings (SSSR count). The zero-order valence-electron chi connectivity index (χ0n) is 9.45. The number of ketones is 1. The van der Waals surface area contributed by atoms with Crippen molar-refractivity contribution in [3.8, 4) is 0 Å². The Hall–Kier alpha value is -0.940. The van der Waals surface area contributed by atoms with Crippen molar-refractivity contribution in [3.63, 3.8) is 0 Å². The highest BCUT2D eigenvalue weighted by atomic mass is 32.2. The minimum absolute atomic E-state index is 0.149. The summed E-state index contributed by atoms with van der Waals surface area (Å²) in [6, 6.07) is 2.64. The number of rotatable bonds is 2. The molecule has 1 atom stereocenters. The molecule has 0 spiro atoms. The number of benzene rings is 1. The zero-order chi connectivity index (χ0) is 12.4. The van der Waals surface area contributed by atoms with Crippen molar-refractivity contribution >= 4 is 17.5 Å². The molecule has 2 nitrogen and oxygen atoms in total. The van der Waals surface area contributed by atoms with Crippen LogP contribution in [0.5, 0.6) is 0 Å². The quantitative estimate of drug-likeness (QED) is 0.758. The lowest BCUT2D eigenvalue weighted by molar-refractivity contribution is 0.0870. The lowest BCUT2D eigenvalue weighted by atomic mass is 10.0. The molecule has 0 N–H and O–H groups in total. The Labute approximate surface area is 103 Å². The van der Waals surface area contributed by atoms with E-state index in [1.165, 1.54) is 0 Å². The molecule has 1 aliphatic rings. The van der Waals surface area contributed by atoms with Crippen LogP contribution in [0.1, 0.15) is 10.4 Å². The van der Waals surface area contributed by atoms with Gasteiger partial charge in [0.25, 0.3) is 0 Å². The summed E-state index contributed by atoms with van der Waals surface area (Å²) in [5.41, 5.74) is -0.149. The third-order valence-electron chi connectivity index (χ3n) is 2.89. The first-order valence-corrected chi connectivity index (χ1v) is 6.52. The maximum Gasteiger partial charge on any atom is 0.183 e. The molecule has 17 heavy (non-hydrogen) atoms. The van der Waals surface area contributed by atoms with Crippen molar-refractivity contribution < 1.29 is 13.6 Å². The molecule has 1 aromatic rings. The average molecular weight is 257 g/mol. The van der Waals surface area contributed by atoms with E-state index in [-0.39, 0.29) is 17.4 Å². The summed E-state index contributed by atoms with van der Waals surface area (Å²) in [5.74, 6) is 0.0231. The summed E-state index contributed by atoms with van der Waals surface area (Å²) < 4.78 is 26.5. The minimum Gasteiger partial charge on any atom is -0.295 e. The van der Waals surface area contributed by atoms with Gasteiger partial charge in [-0.2, -0.15) is 11.8 Å². The maximum atomic E-state index is 13.5. The van der Waals surface area contributed by atoms with Crippen molar-refractivity contribution in [1.29, 1.82) is 0 Å². The number of hydrogen-bond acceptors (Lipinski definition) is 3. The number of hydrogen-bond donors (Lipinski definition) is 0. The van der Waals surface area contributed by atoms with E-state index in [0.29, 0.717) is 5.75 Å². The van der Waals surface area contributed by atoms with Crippen LogP contribution in [0, 0.1) is 11.6 Å². The molecular formula is C12H13F2NOS. The van der Waals surface area contributed by atoms with Crippen LogP contribution < -0.4 is 0 Å². The molecule has 1 saturated heterocycles. The molecule has 0 bridgehead atoms. The van der Waals surface area contributed by atoms with Crippen LogP contribution in [-0.4, -0.2) is 41.8 Å². The zero-order valence-corrected chi connectivity index (χ0v) is 10.3. The summed E-state index contributed by atoms with van der Waals surface area (Å²) in [4.78, 5) is 14.0. The average Bonchev–Trinajstić information content (AvgIpc) is 2.32. The standard InChI is InChI=1S/C12H13F2NOS/c1-15-4-5-17-7-11(15)12(16)9-6-8(13)2-3-10(9)14/h2-3,6,11H,4-5,7H2,1H3. The summed E-state index contributed by atoms with van der Waals surface area (Å²) in [6.07, 6.45) is 0. The predicted octanol–water partition coefficient (Wildman–Crippen LogP) is 2.19. The molecule has 1 aliphatic heterocycles. The molecule has 1 fully saturated rings. The molecule has 1 heterocycles. The topological polar surface area (TPSA) is 20.3 Å². The van der Waals surface area contributed by atoms with Crippen LogP contribution in [0.3, 0.4) is 0 Å². The number of thioether (sulfide) groups is 1.